The summed E-state index contributed by atoms with van der Waals surface area (Å²) < 4.78 is 0. The number of carboxylic acids is 1. The smallest absolute Gasteiger partial charge is 0.329 e. The lowest BCUT2D eigenvalue weighted by Crippen LogP contribution is -2.59. The van der Waals surface area contributed by atoms with Gasteiger partial charge >= 0.3 is 5.97 Å². The Bertz CT molecular complexity index is 480. The van der Waals surface area contributed by atoms with Crippen LogP contribution in [0.3, 0.4) is 0 Å². The van der Waals surface area contributed by atoms with Crippen molar-refractivity contribution in [2.45, 2.75) is 31.2 Å². The van der Waals surface area contributed by atoms with Crippen molar-refractivity contribution in [1.82, 2.24) is 5.32 Å². The molecule has 0 saturated heterocycles. The maximum absolute atomic E-state index is 11.8. The summed E-state index contributed by atoms with van der Waals surface area (Å²) >= 11 is 0. The SMILES string of the molecule is O=C(Cc1cccc(O)c1)NC1(C(=O)O)CCC1. The van der Waals surface area contributed by atoms with Crippen molar-refractivity contribution in [2.75, 3.05) is 0 Å². The molecule has 0 radical (unpaired) electrons. The van der Waals surface area contributed by atoms with Crippen LogP contribution in [0.1, 0.15) is 24.8 Å². The van der Waals surface area contributed by atoms with Crippen LogP contribution in [0.4, 0.5) is 0 Å². The normalized spacial score (nSPS) is 16.7. The number of phenolic OH excluding ortho intramolecular Hbond substituents is 1. The van der Waals surface area contributed by atoms with Gasteiger partial charge in [0.1, 0.15) is 11.3 Å². The average Bonchev–Trinajstić information content (AvgIpc) is 2.23. The maximum atomic E-state index is 11.8. The van der Waals surface area contributed by atoms with E-state index in [1.54, 1.807) is 12.1 Å². The molecule has 3 N–H and O–H groups in total. The standard InChI is InChI=1S/C13H15NO4/c15-10-4-1-3-9(7-10)8-11(16)14-13(12(17)18)5-2-6-13/h1,3-4,7,15H,2,5-6,8H2,(H,14,16)(H,17,18). The summed E-state index contributed by atoms with van der Waals surface area (Å²) in [6.45, 7) is 0. The Kier molecular flexibility index (Phi) is 3.23. The first-order valence-electron chi connectivity index (χ1n) is 5.84. The second-order valence-electron chi connectivity index (χ2n) is 4.64. The molecule has 0 spiro atoms. The Balaban J connectivity index is 1.99. The van der Waals surface area contributed by atoms with Crippen LogP contribution >= 0.6 is 0 Å². The second-order valence-corrected chi connectivity index (χ2v) is 4.64. The van der Waals surface area contributed by atoms with E-state index in [9.17, 15) is 14.7 Å². The molecule has 18 heavy (non-hydrogen) atoms. The fourth-order valence-corrected chi connectivity index (χ4v) is 2.09. The summed E-state index contributed by atoms with van der Waals surface area (Å²) in [6, 6.07) is 6.38. The highest BCUT2D eigenvalue weighted by Gasteiger charge is 2.45. The second kappa shape index (κ2) is 4.68. The van der Waals surface area contributed by atoms with Gasteiger partial charge in [-0.25, -0.2) is 4.79 Å². The Labute approximate surface area is 104 Å². The van der Waals surface area contributed by atoms with E-state index in [0.717, 1.165) is 6.42 Å². The van der Waals surface area contributed by atoms with Gasteiger partial charge in [-0.05, 0) is 37.0 Å². The maximum Gasteiger partial charge on any atom is 0.329 e. The van der Waals surface area contributed by atoms with Crippen molar-refractivity contribution in [3.8, 4) is 5.75 Å². The number of aliphatic carboxylic acids is 1. The van der Waals surface area contributed by atoms with E-state index in [2.05, 4.69) is 5.32 Å². The summed E-state index contributed by atoms with van der Waals surface area (Å²) in [4.78, 5) is 22.9. The zero-order valence-electron chi connectivity index (χ0n) is 9.85. The first-order chi connectivity index (χ1) is 8.52. The van der Waals surface area contributed by atoms with Gasteiger partial charge in [-0.1, -0.05) is 12.1 Å². The number of hydrogen-bond acceptors (Lipinski definition) is 3. The van der Waals surface area contributed by atoms with Gasteiger partial charge < -0.3 is 15.5 Å². The van der Waals surface area contributed by atoms with Gasteiger partial charge in [0.15, 0.2) is 0 Å². The molecule has 0 heterocycles. The molecule has 1 saturated carbocycles. The van der Waals surface area contributed by atoms with E-state index in [-0.39, 0.29) is 18.1 Å². The van der Waals surface area contributed by atoms with Crippen LogP contribution in [-0.4, -0.2) is 27.6 Å². The molecule has 1 fully saturated rings. The number of carboxylic acid groups (broad SMARTS) is 1. The molecular weight excluding hydrogens is 234 g/mol. The van der Waals surface area contributed by atoms with E-state index >= 15 is 0 Å². The number of carbonyl (C=O) groups is 2. The Morgan fingerprint density at radius 3 is 2.56 bits per heavy atom. The number of rotatable bonds is 4. The minimum Gasteiger partial charge on any atom is -0.508 e. The molecule has 1 aliphatic rings. The Hall–Kier alpha value is -2.04. The van der Waals surface area contributed by atoms with Gasteiger partial charge in [-0.3, -0.25) is 4.79 Å². The Morgan fingerprint density at radius 2 is 2.06 bits per heavy atom. The van der Waals surface area contributed by atoms with Gasteiger partial charge in [0, 0.05) is 0 Å². The van der Waals surface area contributed by atoms with Crippen LogP contribution < -0.4 is 5.32 Å². The van der Waals surface area contributed by atoms with Crippen LogP contribution in [0.15, 0.2) is 24.3 Å². The third kappa shape index (κ3) is 2.45. The van der Waals surface area contributed by atoms with Crippen LogP contribution in [0.2, 0.25) is 0 Å². The van der Waals surface area contributed by atoms with Crippen molar-refractivity contribution in [2.24, 2.45) is 0 Å². The quantitative estimate of drug-likeness (QED) is 0.744. The third-order valence-electron chi connectivity index (χ3n) is 3.27. The monoisotopic (exact) mass is 249 g/mol. The molecule has 5 nitrogen and oxygen atoms in total. The van der Waals surface area contributed by atoms with Crippen LogP contribution in [0, 0.1) is 0 Å². The van der Waals surface area contributed by atoms with E-state index in [1.807, 2.05) is 0 Å². The van der Waals surface area contributed by atoms with Gasteiger partial charge in [0.25, 0.3) is 0 Å². The highest BCUT2D eigenvalue weighted by Crippen LogP contribution is 2.32. The largest absolute Gasteiger partial charge is 0.508 e. The topological polar surface area (TPSA) is 86.6 Å². The number of nitrogens with one attached hydrogen (secondary N) is 1. The van der Waals surface area contributed by atoms with Gasteiger partial charge in [-0.15, -0.1) is 0 Å². The van der Waals surface area contributed by atoms with Crippen LogP contribution in [0.25, 0.3) is 0 Å². The summed E-state index contributed by atoms with van der Waals surface area (Å²) in [5.74, 6) is -1.21. The molecular formula is C13H15NO4. The fraction of sp³-hybridized carbons (Fsp3) is 0.385. The van der Waals surface area contributed by atoms with Crippen LogP contribution in [0.5, 0.6) is 5.75 Å². The molecule has 0 aliphatic heterocycles. The molecule has 0 unspecified atom stereocenters. The van der Waals surface area contributed by atoms with Crippen molar-refractivity contribution in [3.63, 3.8) is 0 Å². The molecule has 0 aromatic heterocycles. The number of benzene rings is 1. The van der Waals surface area contributed by atoms with Crippen molar-refractivity contribution >= 4 is 11.9 Å². The highest BCUT2D eigenvalue weighted by atomic mass is 16.4. The molecule has 0 bridgehead atoms. The highest BCUT2D eigenvalue weighted by molar-refractivity contribution is 5.88. The predicted octanol–water partition coefficient (Wildman–Crippen LogP) is 1.06. The lowest BCUT2D eigenvalue weighted by molar-refractivity contribution is -0.151. The first-order valence-corrected chi connectivity index (χ1v) is 5.84. The first kappa shape index (κ1) is 12.4. The molecule has 1 aromatic rings. The molecule has 1 aliphatic carbocycles. The zero-order valence-corrected chi connectivity index (χ0v) is 9.85. The molecule has 2 rings (SSSR count). The number of hydrogen-bond donors (Lipinski definition) is 3. The summed E-state index contributed by atoms with van der Waals surface area (Å²) in [6.07, 6.45) is 1.85. The summed E-state index contributed by atoms with van der Waals surface area (Å²) in [5.41, 5.74) is -0.416. The van der Waals surface area contributed by atoms with Crippen molar-refractivity contribution in [1.29, 1.82) is 0 Å². The van der Waals surface area contributed by atoms with Gasteiger partial charge in [0.05, 0.1) is 6.42 Å². The van der Waals surface area contributed by atoms with Gasteiger partial charge in [-0.2, -0.15) is 0 Å². The lowest BCUT2D eigenvalue weighted by Gasteiger charge is -2.38. The summed E-state index contributed by atoms with van der Waals surface area (Å²) in [5, 5.41) is 20.9. The zero-order chi connectivity index (χ0) is 13.2. The van der Waals surface area contributed by atoms with E-state index in [1.165, 1.54) is 12.1 Å². The third-order valence-corrected chi connectivity index (χ3v) is 3.27. The number of amides is 1. The molecule has 96 valence electrons. The van der Waals surface area contributed by atoms with Gasteiger partial charge in [0.2, 0.25) is 5.91 Å². The van der Waals surface area contributed by atoms with E-state index in [4.69, 9.17) is 5.11 Å². The van der Waals surface area contributed by atoms with E-state index < -0.39 is 11.5 Å². The average molecular weight is 249 g/mol. The lowest BCUT2D eigenvalue weighted by atomic mass is 9.76. The molecule has 1 aromatic carbocycles. The summed E-state index contributed by atoms with van der Waals surface area (Å²) in [7, 11) is 0. The number of carbonyl (C=O) groups excluding carboxylic acids is 1. The van der Waals surface area contributed by atoms with E-state index in [0.29, 0.717) is 18.4 Å². The minimum atomic E-state index is -1.08. The van der Waals surface area contributed by atoms with Crippen LogP contribution in [-0.2, 0) is 16.0 Å². The predicted molar refractivity (Wildman–Crippen MR) is 64.2 cm³/mol. The number of aromatic hydroxyl groups is 1. The Morgan fingerprint density at radius 1 is 1.33 bits per heavy atom. The molecule has 1 amide bonds. The molecule has 0 atom stereocenters. The van der Waals surface area contributed by atoms with Crippen molar-refractivity contribution in [3.05, 3.63) is 29.8 Å². The molecule has 5 heteroatoms. The minimum absolute atomic E-state index is 0.0728. The fourth-order valence-electron chi connectivity index (χ4n) is 2.09. The van der Waals surface area contributed by atoms with Crippen molar-refractivity contribution < 1.29 is 19.8 Å². The number of phenols is 1.